The molecule has 4 rings (SSSR count). The highest BCUT2D eigenvalue weighted by Gasteiger charge is 2.30. The Bertz CT molecular complexity index is 1220. The minimum absolute atomic E-state index is 0.0289. The Morgan fingerprint density at radius 2 is 2.00 bits per heavy atom. The lowest BCUT2D eigenvalue weighted by Crippen LogP contribution is -2.24. The molecule has 1 heterocycles. The fourth-order valence-electron chi connectivity index (χ4n) is 3.40. The molecule has 2 aromatic carbocycles. The predicted octanol–water partition coefficient (Wildman–Crippen LogP) is 3.89. The van der Waals surface area contributed by atoms with E-state index in [9.17, 15) is 23.5 Å². The number of benzene rings is 2. The summed E-state index contributed by atoms with van der Waals surface area (Å²) in [4.78, 5) is 25.8. The molecule has 0 unspecified atom stereocenters. The Labute approximate surface area is 164 Å². The number of aryl methyl sites for hydroxylation is 1. The second-order valence-corrected chi connectivity index (χ2v) is 7.07. The number of aromatic hydroxyl groups is 1. The molecule has 1 saturated carbocycles. The van der Waals surface area contributed by atoms with Crippen LogP contribution in [0.15, 0.2) is 35.3 Å². The molecule has 1 aromatic heterocycles. The van der Waals surface area contributed by atoms with Gasteiger partial charge in [-0.3, -0.25) is 9.59 Å². The fraction of sp³-hybridized carbons (Fsp3) is 0.238. The zero-order valence-electron chi connectivity index (χ0n) is 15.8. The molecule has 29 heavy (non-hydrogen) atoms. The first-order chi connectivity index (χ1) is 13.8. The number of pyridine rings is 1. The SMILES string of the molecule is COc1c(F)c(F)cc2c(=O)c(C(=O)Nc3ccc(O)cc3C)cn(C3CC3)c12. The summed E-state index contributed by atoms with van der Waals surface area (Å²) in [6.45, 7) is 1.70. The lowest BCUT2D eigenvalue weighted by molar-refractivity contribution is 0.102. The van der Waals surface area contributed by atoms with E-state index in [1.165, 1.54) is 31.5 Å². The highest BCUT2D eigenvalue weighted by Crippen LogP contribution is 2.40. The lowest BCUT2D eigenvalue weighted by atomic mass is 10.1. The molecule has 0 bridgehead atoms. The van der Waals surface area contributed by atoms with Crippen molar-refractivity contribution in [1.82, 2.24) is 4.57 Å². The number of phenolic OH excluding ortho intramolecular Hbond substituents is 1. The second kappa shape index (κ2) is 6.88. The molecule has 1 amide bonds. The van der Waals surface area contributed by atoms with Crippen molar-refractivity contribution in [2.45, 2.75) is 25.8 Å². The maximum absolute atomic E-state index is 14.2. The lowest BCUT2D eigenvalue weighted by Gasteiger charge is -2.16. The third-order valence-electron chi connectivity index (χ3n) is 5.01. The number of ether oxygens (including phenoxy) is 1. The van der Waals surface area contributed by atoms with E-state index >= 15 is 0 Å². The number of fused-ring (bicyclic) bond motifs is 1. The minimum atomic E-state index is -1.22. The summed E-state index contributed by atoms with van der Waals surface area (Å²) in [5.41, 5.74) is 0.258. The van der Waals surface area contributed by atoms with Gasteiger partial charge in [-0.05, 0) is 49.6 Å². The third kappa shape index (κ3) is 3.20. The van der Waals surface area contributed by atoms with Crippen LogP contribution in [0.2, 0.25) is 0 Å². The normalized spacial score (nSPS) is 13.5. The van der Waals surface area contributed by atoms with Crippen molar-refractivity contribution in [3.05, 3.63) is 63.4 Å². The zero-order valence-corrected chi connectivity index (χ0v) is 15.8. The zero-order chi connectivity index (χ0) is 20.9. The molecule has 3 aromatic rings. The largest absolute Gasteiger partial charge is 0.508 e. The van der Waals surface area contributed by atoms with Gasteiger partial charge in [0.05, 0.1) is 18.0 Å². The number of amides is 1. The van der Waals surface area contributed by atoms with Crippen molar-refractivity contribution in [1.29, 1.82) is 0 Å². The van der Waals surface area contributed by atoms with Crippen molar-refractivity contribution < 1.29 is 23.4 Å². The van der Waals surface area contributed by atoms with Gasteiger partial charge in [-0.1, -0.05) is 0 Å². The van der Waals surface area contributed by atoms with Gasteiger partial charge in [0.1, 0.15) is 11.3 Å². The van der Waals surface area contributed by atoms with Gasteiger partial charge in [0.2, 0.25) is 11.2 Å². The quantitative estimate of drug-likeness (QED) is 0.651. The number of hydrogen-bond donors (Lipinski definition) is 2. The Morgan fingerprint density at radius 1 is 1.28 bits per heavy atom. The monoisotopic (exact) mass is 400 g/mol. The molecule has 8 heteroatoms. The van der Waals surface area contributed by atoms with E-state index in [1.807, 2.05) is 0 Å². The number of carbonyl (C=O) groups is 1. The number of halogens is 2. The summed E-state index contributed by atoms with van der Waals surface area (Å²) in [6, 6.07) is 5.17. The average molecular weight is 400 g/mol. The molecule has 0 aliphatic heterocycles. The minimum Gasteiger partial charge on any atom is -0.508 e. The number of carbonyl (C=O) groups excluding carboxylic acids is 1. The third-order valence-corrected chi connectivity index (χ3v) is 5.01. The van der Waals surface area contributed by atoms with E-state index in [2.05, 4.69) is 5.32 Å². The van der Waals surface area contributed by atoms with Crippen molar-refractivity contribution in [3.63, 3.8) is 0 Å². The van der Waals surface area contributed by atoms with Gasteiger partial charge < -0.3 is 19.7 Å². The van der Waals surface area contributed by atoms with Crippen LogP contribution in [0.25, 0.3) is 10.9 Å². The highest BCUT2D eigenvalue weighted by atomic mass is 19.2. The molecule has 1 fully saturated rings. The predicted molar refractivity (Wildman–Crippen MR) is 104 cm³/mol. The number of anilines is 1. The highest BCUT2D eigenvalue weighted by molar-refractivity contribution is 6.06. The summed E-state index contributed by atoms with van der Waals surface area (Å²) < 4.78 is 34.9. The number of aromatic nitrogens is 1. The molecule has 0 saturated heterocycles. The molecular formula is C21H18F2N2O4. The van der Waals surface area contributed by atoms with E-state index in [0.29, 0.717) is 11.3 Å². The maximum Gasteiger partial charge on any atom is 0.261 e. The molecule has 1 aliphatic carbocycles. The van der Waals surface area contributed by atoms with Gasteiger partial charge in [-0.2, -0.15) is 4.39 Å². The van der Waals surface area contributed by atoms with Crippen molar-refractivity contribution >= 4 is 22.5 Å². The summed E-state index contributed by atoms with van der Waals surface area (Å²) in [7, 11) is 1.20. The van der Waals surface area contributed by atoms with Crippen molar-refractivity contribution in [2.24, 2.45) is 0 Å². The summed E-state index contributed by atoms with van der Waals surface area (Å²) in [5, 5.41) is 12.0. The van der Waals surface area contributed by atoms with E-state index in [4.69, 9.17) is 4.74 Å². The van der Waals surface area contributed by atoms with Crippen molar-refractivity contribution in [3.8, 4) is 11.5 Å². The second-order valence-electron chi connectivity index (χ2n) is 7.07. The van der Waals surface area contributed by atoms with E-state index < -0.39 is 23.0 Å². The Hall–Kier alpha value is -3.42. The fourth-order valence-corrected chi connectivity index (χ4v) is 3.40. The van der Waals surface area contributed by atoms with Crippen LogP contribution in [0, 0.1) is 18.6 Å². The van der Waals surface area contributed by atoms with E-state index in [0.717, 1.165) is 18.9 Å². The molecule has 1 aliphatic rings. The molecular weight excluding hydrogens is 382 g/mol. The number of methoxy groups -OCH3 is 1. The van der Waals surface area contributed by atoms with Crippen LogP contribution in [0.4, 0.5) is 14.5 Å². The van der Waals surface area contributed by atoms with Crippen LogP contribution in [0.5, 0.6) is 11.5 Å². The summed E-state index contributed by atoms with van der Waals surface area (Å²) in [5.74, 6) is -3.38. The van der Waals surface area contributed by atoms with Crippen LogP contribution in [-0.2, 0) is 0 Å². The Kier molecular flexibility index (Phi) is 4.49. The Morgan fingerprint density at radius 3 is 2.62 bits per heavy atom. The topological polar surface area (TPSA) is 80.6 Å². The van der Waals surface area contributed by atoms with E-state index in [-0.39, 0.29) is 34.0 Å². The summed E-state index contributed by atoms with van der Waals surface area (Å²) >= 11 is 0. The van der Waals surface area contributed by atoms with Gasteiger partial charge in [0, 0.05) is 17.9 Å². The van der Waals surface area contributed by atoms with Gasteiger partial charge in [-0.15, -0.1) is 0 Å². The first-order valence-electron chi connectivity index (χ1n) is 9.03. The van der Waals surface area contributed by atoms with Crippen LogP contribution in [0.3, 0.4) is 0 Å². The summed E-state index contributed by atoms with van der Waals surface area (Å²) in [6.07, 6.45) is 2.95. The van der Waals surface area contributed by atoms with Crippen molar-refractivity contribution in [2.75, 3.05) is 12.4 Å². The van der Waals surface area contributed by atoms with Gasteiger partial charge in [0.25, 0.3) is 5.91 Å². The standard InChI is InChI=1S/C21H18F2N2O4/c1-10-7-12(26)5-6-16(10)24-21(28)14-9-25(11-3-4-11)18-13(19(14)27)8-15(22)17(23)20(18)29-2/h5-9,11,26H,3-4H2,1-2H3,(H,24,28). The smallest absolute Gasteiger partial charge is 0.261 e. The van der Waals surface area contributed by atoms with Crippen LogP contribution < -0.4 is 15.5 Å². The number of hydrogen-bond acceptors (Lipinski definition) is 4. The molecule has 0 radical (unpaired) electrons. The molecule has 6 nitrogen and oxygen atoms in total. The van der Waals surface area contributed by atoms with Crippen LogP contribution >= 0.6 is 0 Å². The first-order valence-corrected chi connectivity index (χ1v) is 9.03. The van der Waals surface area contributed by atoms with Gasteiger partial charge >= 0.3 is 0 Å². The number of nitrogens with one attached hydrogen (secondary N) is 1. The van der Waals surface area contributed by atoms with Crippen LogP contribution in [-0.4, -0.2) is 22.7 Å². The number of rotatable bonds is 4. The molecule has 0 spiro atoms. The molecule has 0 atom stereocenters. The maximum atomic E-state index is 14.2. The van der Waals surface area contributed by atoms with Gasteiger partial charge in [-0.25, -0.2) is 4.39 Å². The van der Waals surface area contributed by atoms with Gasteiger partial charge in [0.15, 0.2) is 11.6 Å². The molecule has 2 N–H and O–H groups in total. The number of phenols is 1. The van der Waals surface area contributed by atoms with Crippen LogP contribution in [0.1, 0.15) is 34.8 Å². The molecule has 150 valence electrons. The number of nitrogens with zero attached hydrogens (tertiary/aromatic N) is 1. The Balaban J connectivity index is 1.89. The van der Waals surface area contributed by atoms with E-state index in [1.54, 1.807) is 11.5 Å². The average Bonchev–Trinajstić information content (AvgIpc) is 3.51. The first kappa shape index (κ1) is 18.9.